The quantitative estimate of drug-likeness (QED) is 0.249. The van der Waals surface area contributed by atoms with Gasteiger partial charge in [0.05, 0.1) is 11.8 Å². The highest BCUT2D eigenvalue weighted by atomic mass is 32.1. The van der Waals surface area contributed by atoms with Crippen LogP contribution < -0.4 is 5.32 Å². The normalized spacial score (nSPS) is 15.6. The van der Waals surface area contributed by atoms with Gasteiger partial charge in [0.15, 0.2) is 0 Å². The van der Waals surface area contributed by atoms with E-state index < -0.39 is 0 Å². The first-order valence-electron chi connectivity index (χ1n) is 13.3. The summed E-state index contributed by atoms with van der Waals surface area (Å²) in [6, 6.07) is 39.7. The number of rotatable bonds is 3. The lowest BCUT2D eigenvalue weighted by molar-refractivity contribution is 0.778. The molecule has 39 heavy (non-hydrogen) atoms. The van der Waals surface area contributed by atoms with E-state index in [4.69, 9.17) is 0 Å². The lowest BCUT2D eigenvalue weighted by Gasteiger charge is -2.28. The van der Waals surface area contributed by atoms with Gasteiger partial charge in [-0.15, -0.1) is 11.3 Å². The second-order valence-electron chi connectivity index (χ2n) is 9.99. The topological polar surface area (TPSA) is 24.4 Å². The molecule has 0 saturated carbocycles. The van der Waals surface area contributed by atoms with Crippen LogP contribution in [0.2, 0.25) is 0 Å². The van der Waals surface area contributed by atoms with Gasteiger partial charge in [-0.1, -0.05) is 115 Å². The van der Waals surface area contributed by atoms with E-state index in [1.165, 1.54) is 64.7 Å². The summed E-state index contributed by atoms with van der Waals surface area (Å²) < 4.78 is 2.67. The van der Waals surface area contributed by atoms with Gasteiger partial charge in [0.2, 0.25) is 0 Å². The lowest BCUT2D eigenvalue weighted by atomic mass is 9.82. The Kier molecular flexibility index (Phi) is 5.10. The Labute approximate surface area is 231 Å². The van der Waals surface area contributed by atoms with Crippen LogP contribution in [0.4, 0.5) is 0 Å². The van der Waals surface area contributed by atoms with Crippen LogP contribution in [0, 0.1) is 0 Å². The molecule has 0 radical (unpaired) electrons. The number of nitrogens with one attached hydrogen (secondary N) is 1. The molecule has 1 aliphatic heterocycles. The van der Waals surface area contributed by atoms with Crippen LogP contribution in [-0.4, -0.2) is 5.71 Å². The largest absolute Gasteiger partial charge is 0.377 e. The number of aliphatic imine (C=N–C) groups is 1. The maximum atomic E-state index is 4.65. The van der Waals surface area contributed by atoms with Crippen molar-refractivity contribution in [2.45, 2.75) is 6.04 Å². The van der Waals surface area contributed by atoms with Crippen LogP contribution in [0.1, 0.15) is 17.2 Å². The molecule has 2 nitrogen and oxygen atoms in total. The SMILES string of the molecule is C1=CNC2C(=N1)C=Cc1cccc(-c3ccccc3-c3cccc4c3sc3c(-c5ccccc5)cccc34)c12. The minimum absolute atomic E-state index is 0.0489. The standard InChI is InChI=1S/C36H24N2S/c1-2-9-23(10-3-1)25-14-7-17-30-31-18-8-16-29(36(31)39-35(25)30)27-13-5-4-12-26(27)28-15-6-11-24-19-20-32-34(33(24)28)38-22-21-37-32/h1-22,34,38H. The number of nitrogens with zero attached hydrogens (tertiary/aromatic N) is 1. The Hall–Kier alpha value is -4.73. The van der Waals surface area contributed by atoms with Crippen molar-refractivity contribution in [2.24, 2.45) is 4.99 Å². The van der Waals surface area contributed by atoms with Crippen molar-refractivity contribution in [2.75, 3.05) is 0 Å². The maximum absolute atomic E-state index is 4.65. The number of hydrogen-bond donors (Lipinski definition) is 1. The van der Waals surface area contributed by atoms with Crippen molar-refractivity contribution in [1.82, 2.24) is 5.32 Å². The van der Waals surface area contributed by atoms with Crippen LogP contribution >= 0.6 is 11.3 Å². The average Bonchev–Trinajstić information content (AvgIpc) is 3.40. The summed E-state index contributed by atoms with van der Waals surface area (Å²) >= 11 is 1.90. The van der Waals surface area contributed by atoms with Gasteiger partial charge in [0.25, 0.3) is 0 Å². The van der Waals surface area contributed by atoms with Gasteiger partial charge in [-0.3, -0.25) is 4.99 Å². The Morgan fingerprint density at radius 2 is 1.21 bits per heavy atom. The highest BCUT2D eigenvalue weighted by molar-refractivity contribution is 7.26. The third-order valence-electron chi connectivity index (χ3n) is 7.84. The minimum atomic E-state index is 0.0489. The molecule has 2 aliphatic rings. The van der Waals surface area contributed by atoms with Crippen LogP contribution in [0.5, 0.6) is 0 Å². The molecule has 1 atom stereocenters. The van der Waals surface area contributed by atoms with Crippen molar-refractivity contribution in [3.63, 3.8) is 0 Å². The molecular formula is C36H24N2S. The summed E-state index contributed by atoms with van der Waals surface area (Å²) in [6.45, 7) is 0. The zero-order valence-electron chi connectivity index (χ0n) is 21.1. The Morgan fingerprint density at radius 3 is 2.03 bits per heavy atom. The summed E-state index contributed by atoms with van der Waals surface area (Å²) in [4.78, 5) is 4.65. The van der Waals surface area contributed by atoms with Crippen LogP contribution in [0.25, 0.3) is 59.6 Å². The van der Waals surface area contributed by atoms with E-state index in [2.05, 4.69) is 132 Å². The molecule has 6 aromatic rings. The first kappa shape index (κ1) is 22.3. The van der Waals surface area contributed by atoms with Gasteiger partial charge in [0, 0.05) is 38.1 Å². The predicted molar refractivity (Wildman–Crippen MR) is 167 cm³/mol. The van der Waals surface area contributed by atoms with E-state index in [1.54, 1.807) is 0 Å². The van der Waals surface area contributed by atoms with E-state index in [9.17, 15) is 0 Å². The van der Waals surface area contributed by atoms with Gasteiger partial charge >= 0.3 is 0 Å². The molecule has 1 N–H and O–H groups in total. The van der Waals surface area contributed by atoms with E-state index in [0.29, 0.717) is 0 Å². The first-order chi connectivity index (χ1) is 19.4. The number of fused-ring (bicyclic) bond motifs is 6. The van der Waals surface area contributed by atoms with Crippen molar-refractivity contribution in [3.05, 3.63) is 139 Å². The second kappa shape index (κ2) is 8.93. The van der Waals surface area contributed by atoms with E-state index >= 15 is 0 Å². The van der Waals surface area contributed by atoms with Crippen molar-refractivity contribution in [1.29, 1.82) is 0 Å². The molecule has 2 heterocycles. The maximum Gasteiger partial charge on any atom is 0.0948 e. The molecule has 0 bridgehead atoms. The molecule has 0 fully saturated rings. The van der Waals surface area contributed by atoms with E-state index in [0.717, 1.165) is 5.71 Å². The summed E-state index contributed by atoms with van der Waals surface area (Å²) in [6.07, 6.45) is 8.10. The minimum Gasteiger partial charge on any atom is -0.377 e. The zero-order chi connectivity index (χ0) is 25.8. The van der Waals surface area contributed by atoms with Crippen LogP contribution in [-0.2, 0) is 0 Å². The molecule has 1 aliphatic carbocycles. The van der Waals surface area contributed by atoms with Gasteiger partial charge in [-0.05, 0) is 45.0 Å². The number of benzene rings is 5. The fraction of sp³-hybridized carbons (Fsp3) is 0.0278. The molecule has 1 unspecified atom stereocenters. The molecule has 5 aromatic carbocycles. The van der Waals surface area contributed by atoms with Crippen molar-refractivity contribution in [3.8, 4) is 33.4 Å². The predicted octanol–water partition coefficient (Wildman–Crippen LogP) is 9.64. The average molecular weight is 517 g/mol. The Bertz CT molecular complexity index is 1990. The highest BCUT2D eigenvalue weighted by Gasteiger charge is 2.27. The van der Waals surface area contributed by atoms with Crippen molar-refractivity contribution >= 4 is 43.3 Å². The first-order valence-corrected chi connectivity index (χ1v) is 14.1. The summed E-state index contributed by atoms with van der Waals surface area (Å²) in [7, 11) is 0. The fourth-order valence-electron chi connectivity index (χ4n) is 6.08. The van der Waals surface area contributed by atoms with Gasteiger partial charge in [0.1, 0.15) is 0 Å². The second-order valence-corrected chi connectivity index (χ2v) is 11.0. The Balaban J connectivity index is 1.37. The molecule has 0 amide bonds. The molecular weight excluding hydrogens is 492 g/mol. The zero-order valence-corrected chi connectivity index (χ0v) is 22.0. The summed E-state index contributed by atoms with van der Waals surface area (Å²) in [5.74, 6) is 0. The van der Waals surface area contributed by atoms with Crippen molar-refractivity contribution < 1.29 is 0 Å². The van der Waals surface area contributed by atoms with Gasteiger partial charge < -0.3 is 5.32 Å². The highest BCUT2D eigenvalue weighted by Crippen LogP contribution is 2.46. The van der Waals surface area contributed by atoms with Gasteiger partial charge in [-0.25, -0.2) is 0 Å². The molecule has 1 aromatic heterocycles. The monoisotopic (exact) mass is 516 g/mol. The number of thiophene rings is 1. The van der Waals surface area contributed by atoms with Crippen LogP contribution in [0.3, 0.4) is 0 Å². The van der Waals surface area contributed by atoms with E-state index in [1.807, 2.05) is 23.7 Å². The molecule has 0 saturated heterocycles. The number of hydrogen-bond acceptors (Lipinski definition) is 3. The third-order valence-corrected chi connectivity index (χ3v) is 9.12. The molecule has 3 heteroatoms. The smallest absolute Gasteiger partial charge is 0.0948 e. The fourth-order valence-corrected chi connectivity index (χ4v) is 7.45. The summed E-state index contributed by atoms with van der Waals surface area (Å²) in [5.41, 5.74) is 11.1. The summed E-state index contributed by atoms with van der Waals surface area (Å²) in [5, 5.41) is 6.18. The van der Waals surface area contributed by atoms with Crippen LogP contribution in [0.15, 0.2) is 133 Å². The molecule has 0 spiro atoms. The lowest BCUT2D eigenvalue weighted by Crippen LogP contribution is -2.28. The van der Waals surface area contributed by atoms with E-state index in [-0.39, 0.29) is 6.04 Å². The molecule has 8 rings (SSSR count). The Morgan fingerprint density at radius 1 is 0.564 bits per heavy atom. The third kappa shape index (κ3) is 3.51. The van der Waals surface area contributed by atoms with Gasteiger partial charge in [-0.2, -0.15) is 0 Å². The molecule has 184 valence electrons.